The third-order valence-corrected chi connectivity index (χ3v) is 13.9. The lowest BCUT2D eigenvalue weighted by molar-refractivity contribution is -0.220. The van der Waals surface area contributed by atoms with Crippen LogP contribution in [0.15, 0.2) is 36.5 Å². The largest absolute Gasteiger partial charge is 0.472 e. The molecule has 0 amide bonds. The van der Waals surface area contributed by atoms with Crippen LogP contribution in [0, 0.1) is 0 Å². The van der Waals surface area contributed by atoms with Crippen molar-refractivity contribution < 1.29 is 63.1 Å². The van der Waals surface area contributed by atoms with Gasteiger partial charge in [0.15, 0.2) is 6.10 Å². The highest BCUT2D eigenvalue weighted by Crippen LogP contribution is 2.47. The minimum absolute atomic E-state index is 0.0874. The summed E-state index contributed by atoms with van der Waals surface area (Å²) in [5.74, 6) is -1.14. The maximum absolute atomic E-state index is 12.9. The van der Waals surface area contributed by atoms with Crippen LogP contribution in [0.5, 0.6) is 0 Å². The first kappa shape index (κ1) is 65.1. The molecule has 0 aromatic carbocycles. The fraction of sp³-hybridized carbons (Fsp3) is 0.855. The number of hydrogen-bond donors (Lipinski definition) is 6. The quantitative estimate of drug-likeness (QED) is 0.0145. The first-order valence-corrected chi connectivity index (χ1v) is 29.3. The molecule has 8 atom stereocenters. The molecule has 14 heteroatoms. The molecule has 69 heavy (non-hydrogen) atoms. The second-order valence-corrected chi connectivity index (χ2v) is 20.8. The number of aliphatic hydroxyl groups is 5. The molecule has 1 rings (SSSR count). The predicted octanol–water partition coefficient (Wildman–Crippen LogP) is 12.5. The van der Waals surface area contributed by atoms with E-state index in [9.17, 15) is 44.6 Å². The summed E-state index contributed by atoms with van der Waals surface area (Å²) in [5, 5.41) is 50.3. The second kappa shape index (κ2) is 44.7. The number of carbonyl (C=O) groups is 2. The van der Waals surface area contributed by atoms with Gasteiger partial charge in [0.05, 0.1) is 6.61 Å². The Morgan fingerprint density at radius 2 is 0.768 bits per heavy atom. The van der Waals surface area contributed by atoms with Crippen LogP contribution >= 0.6 is 7.82 Å². The Balaban J connectivity index is 2.37. The van der Waals surface area contributed by atoms with Crippen molar-refractivity contribution in [3.05, 3.63) is 36.5 Å². The van der Waals surface area contributed by atoms with Crippen LogP contribution in [0.2, 0.25) is 0 Å². The number of rotatable bonds is 47. The van der Waals surface area contributed by atoms with Crippen LogP contribution in [0.3, 0.4) is 0 Å². The van der Waals surface area contributed by atoms with E-state index in [0.717, 1.165) is 51.4 Å². The molecule has 0 heterocycles. The van der Waals surface area contributed by atoms with Gasteiger partial charge in [0, 0.05) is 12.8 Å². The highest BCUT2D eigenvalue weighted by atomic mass is 31.2. The molecular formula is C55H101O13P. The Kier molecular flexibility index (Phi) is 42.2. The first-order chi connectivity index (χ1) is 33.4. The van der Waals surface area contributed by atoms with Gasteiger partial charge in [0.2, 0.25) is 0 Å². The molecule has 0 aliphatic heterocycles. The summed E-state index contributed by atoms with van der Waals surface area (Å²) in [6.07, 6.45) is 40.6. The summed E-state index contributed by atoms with van der Waals surface area (Å²) in [7, 11) is -5.13. The Morgan fingerprint density at radius 3 is 1.20 bits per heavy atom. The van der Waals surface area contributed by atoms with E-state index in [-0.39, 0.29) is 12.8 Å². The van der Waals surface area contributed by atoms with Gasteiger partial charge in [-0.2, -0.15) is 0 Å². The monoisotopic (exact) mass is 1000 g/mol. The van der Waals surface area contributed by atoms with Crippen molar-refractivity contribution in [3.8, 4) is 0 Å². The molecule has 13 nitrogen and oxygen atoms in total. The number of unbranched alkanes of at least 4 members (excludes halogenated alkanes) is 29. The fourth-order valence-electron chi connectivity index (χ4n) is 8.48. The Morgan fingerprint density at radius 1 is 0.435 bits per heavy atom. The number of carbonyl (C=O) groups excluding carboxylic acids is 2. The first-order valence-electron chi connectivity index (χ1n) is 27.8. The van der Waals surface area contributed by atoms with Crippen molar-refractivity contribution >= 4 is 19.8 Å². The van der Waals surface area contributed by atoms with E-state index in [0.29, 0.717) is 19.3 Å². The Hall–Kier alpha value is -1.93. The van der Waals surface area contributed by atoms with Gasteiger partial charge in [-0.1, -0.05) is 198 Å². The minimum Gasteiger partial charge on any atom is -0.462 e. The van der Waals surface area contributed by atoms with E-state index < -0.39 is 75.7 Å². The third-order valence-electron chi connectivity index (χ3n) is 12.9. The van der Waals surface area contributed by atoms with Crippen molar-refractivity contribution in [2.45, 2.75) is 288 Å². The van der Waals surface area contributed by atoms with E-state index in [1.165, 1.54) is 148 Å². The summed E-state index contributed by atoms with van der Waals surface area (Å²) >= 11 is 0. The topological polar surface area (TPSA) is 210 Å². The van der Waals surface area contributed by atoms with E-state index >= 15 is 0 Å². The molecule has 6 unspecified atom stereocenters. The van der Waals surface area contributed by atoms with Gasteiger partial charge in [0.25, 0.3) is 0 Å². The third kappa shape index (κ3) is 36.6. The van der Waals surface area contributed by atoms with E-state index in [2.05, 4.69) is 44.2 Å². The van der Waals surface area contributed by atoms with Crippen molar-refractivity contribution in [3.63, 3.8) is 0 Å². The van der Waals surface area contributed by atoms with Gasteiger partial charge in [-0.05, 0) is 70.6 Å². The van der Waals surface area contributed by atoms with E-state index in [1.54, 1.807) is 0 Å². The van der Waals surface area contributed by atoms with E-state index in [1.807, 2.05) is 6.08 Å². The van der Waals surface area contributed by atoms with Gasteiger partial charge in [-0.15, -0.1) is 0 Å². The van der Waals surface area contributed by atoms with Gasteiger partial charge >= 0.3 is 19.8 Å². The number of hydrogen-bond acceptors (Lipinski definition) is 12. The molecule has 1 saturated carbocycles. The van der Waals surface area contributed by atoms with Crippen molar-refractivity contribution in [1.82, 2.24) is 0 Å². The van der Waals surface area contributed by atoms with Crippen LogP contribution in [0.25, 0.3) is 0 Å². The number of esters is 2. The molecule has 1 aliphatic carbocycles. The summed E-state index contributed by atoms with van der Waals surface area (Å²) in [5.41, 5.74) is 0. The lowest BCUT2D eigenvalue weighted by Crippen LogP contribution is -2.64. The molecule has 0 bridgehead atoms. The number of allylic oxidation sites excluding steroid dienone is 6. The van der Waals surface area contributed by atoms with Gasteiger partial charge < -0.3 is 39.9 Å². The summed E-state index contributed by atoms with van der Waals surface area (Å²) < 4.78 is 33.6. The van der Waals surface area contributed by atoms with Crippen molar-refractivity contribution in [1.29, 1.82) is 0 Å². The van der Waals surface area contributed by atoms with Crippen LogP contribution < -0.4 is 0 Å². The molecule has 1 aliphatic rings. The van der Waals surface area contributed by atoms with Gasteiger partial charge in [0.1, 0.15) is 43.2 Å². The summed E-state index contributed by atoms with van der Waals surface area (Å²) in [4.78, 5) is 35.9. The molecular weight excluding hydrogens is 900 g/mol. The molecule has 0 saturated heterocycles. The molecule has 1 fully saturated rings. The molecule has 0 aromatic heterocycles. The smallest absolute Gasteiger partial charge is 0.462 e. The number of aliphatic hydroxyl groups excluding tert-OH is 5. The van der Waals surface area contributed by atoms with Gasteiger partial charge in [-0.3, -0.25) is 18.6 Å². The van der Waals surface area contributed by atoms with Gasteiger partial charge in [-0.25, -0.2) is 4.57 Å². The van der Waals surface area contributed by atoms with Crippen LogP contribution in [0.1, 0.15) is 245 Å². The lowest BCUT2D eigenvalue weighted by Gasteiger charge is -2.41. The standard InChI is InChI=1S/C55H101O13P/c1-3-5-7-9-11-13-15-17-19-21-22-23-24-25-26-28-29-31-33-35-37-39-41-43-48(56)65-45-47(46-66-69(63,64)68-55-53(61)51(59)50(58)52(60)54(55)62)67-49(57)44-42-40-38-36-34-32-30-27-20-18-16-14-12-10-8-6-4-2/h14,16,28-29,35,37,47,50-55,58-62H,3-13,15,17-27,30-34,36,38-46H2,1-2H3,(H,63,64)/b16-14+,29-28+,37-35+/t47-,50?,51-,52?,53?,54?,55?/m0/s1. The summed E-state index contributed by atoms with van der Waals surface area (Å²) in [6, 6.07) is 0. The van der Waals surface area contributed by atoms with Crippen LogP contribution in [0.4, 0.5) is 0 Å². The Labute approximate surface area is 418 Å². The average molecular weight is 1000 g/mol. The number of phosphoric acid groups is 1. The van der Waals surface area contributed by atoms with Crippen molar-refractivity contribution in [2.24, 2.45) is 0 Å². The molecule has 0 aromatic rings. The zero-order chi connectivity index (χ0) is 50.6. The second-order valence-electron chi connectivity index (χ2n) is 19.4. The van der Waals surface area contributed by atoms with Crippen LogP contribution in [-0.4, -0.2) is 98.3 Å². The predicted molar refractivity (Wildman–Crippen MR) is 277 cm³/mol. The molecule has 0 radical (unpaired) electrons. The van der Waals surface area contributed by atoms with Crippen LogP contribution in [-0.2, 0) is 32.7 Å². The fourth-order valence-corrected chi connectivity index (χ4v) is 9.45. The highest BCUT2D eigenvalue weighted by Gasteiger charge is 2.51. The maximum atomic E-state index is 12.9. The zero-order valence-corrected chi connectivity index (χ0v) is 44.3. The summed E-state index contributed by atoms with van der Waals surface area (Å²) in [6.45, 7) is 3.30. The average Bonchev–Trinajstić information content (AvgIpc) is 3.33. The number of phosphoric ester groups is 1. The molecule has 6 N–H and O–H groups in total. The lowest BCUT2D eigenvalue weighted by atomic mass is 9.85. The molecule has 0 spiro atoms. The SMILES string of the molecule is CCCCCC/C=C/CCCCCCCCCCCC(=O)O[C@@H](COC(=O)CCC/C=C/CC/C=C/CCCCCCCCCCCCCCCC)COP(=O)(O)OC1C(O)C(O)C(O)[C@H](O)C1O. The Bertz CT molecular complexity index is 1340. The highest BCUT2D eigenvalue weighted by molar-refractivity contribution is 7.47. The normalized spacial score (nSPS) is 21.1. The minimum atomic E-state index is -5.13. The maximum Gasteiger partial charge on any atom is 0.472 e. The molecule has 404 valence electrons. The van der Waals surface area contributed by atoms with E-state index in [4.69, 9.17) is 18.5 Å². The number of ether oxygens (including phenoxy) is 2. The van der Waals surface area contributed by atoms with Crippen molar-refractivity contribution in [2.75, 3.05) is 13.2 Å². The zero-order valence-electron chi connectivity index (χ0n) is 43.4.